The quantitative estimate of drug-likeness (QED) is 0.704. The first-order chi connectivity index (χ1) is 7.08. The highest BCUT2D eigenvalue weighted by atomic mass is 16.2. The smallest absolute Gasteiger partial charge is 0.242 e. The monoisotopic (exact) mass is 213 g/mol. The lowest BCUT2D eigenvalue weighted by Crippen LogP contribution is -2.54. The van der Waals surface area contributed by atoms with Gasteiger partial charge in [0.15, 0.2) is 0 Å². The maximum atomic E-state index is 12.2. The lowest BCUT2D eigenvalue weighted by atomic mass is 10.0. The highest BCUT2D eigenvalue weighted by Crippen LogP contribution is 2.09. The van der Waals surface area contributed by atoms with Gasteiger partial charge in [0.25, 0.3) is 0 Å². The SMILES string of the molecule is CCNC(C)(C)C(=O)N1CCCNCC1. The van der Waals surface area contributed by atoms with Gasteiger partial charge in [-0.25, -0.2) is 0 Å². The lowest BCUT2D eigenvalue weighted by Gasteiger charge is -2.31. The van der Waals surface area contributed by atoms with Crippen LogP contribution >= 0.6 is 0 Å². The number of hydrogen-bond donors (Lipinski definition) is 2. The molecule has 1 amide bonds. The number of nitrogens with one attached hydrogen (secondary N) is 2. The van der Waals surface area contributed by atoms with Crippen LogP contribution in [0.3, 0.4) is 0 Å². The van der Waals surface area contributed by atoms with Gasteiger partial charge >= 0.3 is 0 Å². The molecule has 0 spiro atoms. The fourth-order valence-corrected chi connectivity index (χ4v) is 1.96. The summed E-state index contributed by atoms with van der Waals surface area (Å²) >= 11 is 0. The Hall–Kier alpha value is -0.610. The van der Waals surface area contributed by atoms with E-state index in [1.54, 1.807) is 0 Å². The summed E-state index contributed by atoms with van der Waals surface area (Å²) in [5, 5.41) is 6.53. The van der Waals surface area contributed by atoms with Crippen LogP contribution in [-0.2, 0) is 4.79 Å². The molecular weight excluding hydrogens is 190 g/mol. The maximum absolute atomic E-state index is 12.2. The highest BCUT2D eigenvalue weighted by molar-refractivity contribution is 5.85. The van der Waals surface area contributed by atoms with Crippen molar-refractivity contribution in [2.75, 3.05) is 32.7 Å². The van der Waals surface area contributed by atoms with Gasteiger partial charge < -0.3 is 15.5 Å². The molecule has 1 saturated heterocycles. The summed E-state index contributed by atoms with van der Waals surface area (Å²) in [5.41, 5.74) is -0.431. The van der Waals surface area contributed by atoms with Crippen LogP contribution in [0.1, 0.15) is 27.2 Å². The number of carbonyl (C=O) groups excluding carboxylic acids is 1. The molecule has 0 unspecified atom stereocenters. The molecule has 1 fully saturated rings. The van der Waals surface area contributed by atoms with E-state index in [9.17, 15) is 4.79 Å². The van der Waals surface area contributed by atoms with E-state index in [1.807, 2.05) is 25.7 Å². The molecule has 2 N–H and O–H groups in total. The summed E-state index contributed by atoms with van der Waals surface area (Å²) in [7, 11) is 0. The maximum Gasteiger partial charge on any atom is 0.242 e. The van der Waals surface area contributed by atoms with Gasteiger partial charge in [0, 0.05) is 19.6 Å². The van der Waals surface area contributed by atoms with Crippen molar-refractivity contribution in [1.82, 2.24) is 15.5 Å². The van der Waals surface area contributed by atoms with E-state index in [1.165, 1.54) is 0 Å². The van der Waals surface area contributed by atoms with Crippen LogP contribution in [0.4, 0.5) is 0 Å². The second-order valence-electron chi connectivity index (χ2n) is 4.55. The summed E-state index contributed by atoms with van der Waals surface area (Å²) in [6, 6.07) is 0. The van der Waals surface area contributed by atoms with Crippen LogP contribution in [0, 0.1) is 0 Å². The van der Waals surface area contributed by atoms with Gasteiger partial charge in [0.05, 0.1) is 5.54 Å². The van der Waals surface area contributed by atoms with E-state index < -0.39 is 5.54 Å². The first-order valence-corrected chi connectivity index (χ1v) is 5.83. The second-order valence-corrected chi connectivity index (χ2v) is 4.55. The highest BCUT2D eigenvalue weighted by Gasteiger charge is 2.30. The molecule has 0 atom stereocenters. The van der Waals surface area contributed by atoms with Gasteiger partial charge in [0.2, 0.25) is 5.91 Å². The first-order valence-electron chi connectivity index (χ1n) is 5.83. The topological polar surface area (TPSA) is 44.4 Å². The Bertz CT molecular complexity index is 208. The third-order valence-electron chi connectivity index (χ3n) is 2.78. The minimum atomic E-state index is -0.431. The first kappa shape index (κ1) is 12.5. The van der Waals surface area contributed by atoms with Crippen molar-refractivity contribution in [2.45, 2.75) is 32.7 Å². The van der Waals surface area contributed by atoms with Gasteiger partial charge in [-0.05, 0) is 33.4 Å². The van der Waals surface area contributed by atoms with E-state index in [0.29, 0.717) is 0 Å². The zero-order chi connectivity index (χ0) is 11.3. The van der Waals surface area contributed by atoms with E-state index in [4.69, 9.17) is 0 Å². The number of hydrogen-bond acceptors (Lipinski definition) is 3. The van der Waals surface area contributed by atoms with Crippen LogP contribution in [0.2, 0.25) is 0 Å². The summed E-state index contributed by atoms with van der Waals surface area (Å²) in [4.78, 5) is 14.2. The Labute approximate surface area is 92.4 Å². The Kier molecular flexibility index (Phi) is 4.54. The van der Waals surface area contributed by atoms with E-state index in [0.717, 1.165) is 39.1 Å². The van der Waals surface area contributed by atoms with Crippen molar-refractivity contribution < 1.29 is 4.79 Å². The average Bonchev–Trinajstić information content (AvgIpc) is 2.44. The molecule has 0 radical (unpaired) electrons. The van der Waals surface area contributed by atoms with Gasteiger partial charge in [-0.3, -0.25) is 4.79 Å². The van der Waals surface area contributed by atoms with Crippen molar-refractivity contribution in [3.63, 3.8) is 0 Å². The van der Waals surface area contributed by atoms with Crippen molar-refractivity contribution in [3.8, 4) is 0 Å². The predicted octanol–water partition coefficient (Wildman–Crippen LogP) is 0.196. The number of likely N-dealkylation sites (N-methyl/N-ethyl adjacent to an activating group) is 1. The molecule has 0 aromatic rings. The van der Waals surface area contributed by atoms with Gasteiger partial charge in [-0.1, -0.05) is 6.92 Å². The average molecular weight is 213 g/mol. The fourth-order valence-electron chi connectivity index (χ4n) is 1.96. The summed E-state index contributed by atoms with van der Waals surface area (Å²) in [6.07, 6.45) is 1.05. The Balaban J connectivity index is 2.56. The molecule has 4 nitrogen and oxygen atoms in total. The van der Waals surface area contributed by atoms with Crippen LogP contribution in [0.5, 0.6) is 0 Å². The molecule has 0 aliphatic carbocycles. The largest absolute Gasteiger partial charge is 0.340 e. The number of nitrogens with zero attached hydrogens (tertiary/aromatic N) is 1. The van der Waals surface area contributed by atoms with E-state index in [2.05, 4.69) is 10.6 Å². The van der Waals surface area contributed by atoms with Crippen molar-refractivity contribution >= 4 is 5.91 Å². The van der Waals surface area contributed by atoms with Crippen molar-refractivity contribution in [1.29, 1.82) is 0 Å². The molecule has 15 heavy (non-hydrogen) atoms. The molecule has 1 aliphatic heterocycles. The van der Waals surface area contributed by atoms with Crippen LogP contribution < -0.4 is 10.6 Å². The third-order valence-corrected chi connectivity index (χ3v) is 2.78. The molecule has 0 aromatic heterocycles. The molecule has 1 heterocycles. The molecule has 4 heteroatoms. The molecule has 0 aromatic carbocycles. The minimum absolute atomic E-state index is 0.216. The molecule has 88 valence electrons. The normalized spacial score (nSPS) is 18.7. The Morgan fingerprint density at radius 1 is 1.40 bits per heavy atom. The molecule has 0 bridgehead atoms. The van der Waals surface area contributed by atoms with Gasteiger partial charge in [-0.15, -0.1) is 0 Å². The number of rotatable bonds is 3. The zero-order valence-electron chi connectivity index (χ0n) is 10.1. The van der Waals surface area contributed by atoms with Gasteiger partial charge in [0.1, 0.15) is 0 Å². The summed E-state index contributed by atoms with van der Waals surface area (Å²) in [6.45, 7) is 10.4. The zero-order valence-corrected chi connectivity index (χ0v) is 10.1. The second kappa shape index (κ2) is 5.47. The van der Waals surface area contributed by atoms with Crippen LogP contribution in [0.25, 0.3) is 0 Å². The van der Waals surface area contributed by atoms with Crippen LogP contribution in [-0.4, -0.2) is 49.1 Å². The van der Waals surface area contributed by atoms with E-state index >= 15 is 0 Å². The number of carbonyl (C=O) groups is 1. The fraction of sp³-hybridized carbons (Fsp3) is 0.909. The van der Waals surface area contributed by atoms with Gasteiger partial charge in [-0.2, -0.15) is 0 Å². The molecule has 1 rings (SSSR count). The molecule has 1 aliphatic rings. The predicted molar refractivity (Wildman–Crippen MR) is 61.8 cm³/mol. The van der Waals surface area contributed by atoms with Crippen molar-refractivity contribution in [2.24, 2.45) is 0 Å². The standard InChI is InChI=1S/C11H23N3O/c1-4-13-11(2,3)10(15)14-8-5-6-12-7-9-14/h12-13H,4-9H2,1-3H3. The minimum Gasteiger partial charge on any atom is -0.340 e. The van der Waals surface area contributed by atoms with E-state index in [-0.39, 0.29) is 5.91 Å². The molecule has 0 saturated carbocycles. The van der Waals surface area contributed by atoms with Crippen LogP contribution in [0.15, 0.2) is 0 Å². The molecular formula is C11H23N3O. The third kappa shape index (κ3) is 3.47. The Morgan fingerprint density at radius 2 is 2.13 bits per heavy atom. The van der Waals surface area contributed by atoms with Crippen molar-refractivity contribution in [3.05, 3.63) is 0 Å². The number of amides is 1. The Morgan fingerprint density at radius 3 is 2.80 bits per heavy atom. The lowest BCUT2D eigenvalue weighted by molar-refractivity contribution is -0.136. The summed E-state index contributed by atoms with van der Waals surface area (Å²) < 4.78 is 0. The summed E-state index contributed by atoms with van der Waals surface area (Å²) in [5.74, 6) is 0.216.